The average Bonchev–Trinajstić information content (AvgIpc) is 2.46. The first-order valence-electron chi connectivity index (χ1n) is 6.10. The molecule has 0 aliphatic carbocycles. The average molecular weight is 255 g/mol. The highest BCUT2D eigenvalue weighted by atomic mass is 16.5. The molecule has 98 valence electrons. The Morgan fingerprint density at radius 3 is 2.53 bits per heavy atom. The van der Waals surface area contributed by atoms with Crippen LogP contribution < -0.4 is 9.64 Å². The van der Waals surface area contributed by atoms with Crippen molar-refractivity contribution >= 4 is 17.7 Å². The van der Waals surface area contributed by atoms with Crippen LogP contribution >= 0.6 is 0 Å². The molecule has 2 rings (SSSR count). The summed E-state index contributed by atoms with van der Waals surface area (Å²) in [5.74, 6) is 0.780. The standard InChI is InChI=1S/C16H17NO2/c1-12-8-9-14(13(10-12)11-18)17(2)15-6-4-5-7-16(15)19-3/h4-11H,1-3H3. The summed E-state index contributed by atoms with van der Waals surface area (Å²) in [6.07, 6.45) is 0.883. The molecule has 0 saturated carbocycles. The summed E-state index contributed by atoms with van der Waals surface area (Å²) in [6, 6.07) is 13.6. The second-order valence-corrected chi connectivity index (χ2v) is 4.41. The van der Waals surface area contributed by atoms with Crippen molar-refractivity contribution < 1.29 is 9.53 Å². The highest BCUT2D eigenvalue weighted by Crippen LogP contribution is 2.33. The van der Waals surface area contributed by atoms with Gasteiger partial charge in [-0.15, -0.1) is 0 Å². The molecule has 0 unspecified atom stereocenters. The summed E-state index contributed by atoms with van der Waals surface area (Å²) in [5.41, 5.74) is 3.54. The van der Waals surface area contributed by atoms with E-state index >= 15 is 0 Å². The van der Waals surface area contributed by atoms with Gasteiger partial charge < -0.3 is 9.64 Å². The van der Waals surface area contributed by atoms with Crippen LogP contribution in [0, 0.1) is 6.92 Å². The van der Waals surface area contributed by atoms with Gasteiger partial charge in [0.1, 0.15) is 5.75 Å². The van der Waals surface area contributed by atoms with Gasteiger partial charge in [0, 0.05) is 12.6 Å². The maximum absolute atomic E-state index is 11.2. The zero-order valence-corrected chi connectivity index (χ0v) is 11.4. The van der Waals surface area contributed by atoms with Crippen LogP contribution in [0.15, 0.2) is 42.5 Å². The summed E-state index contributed by atoms with van der Waals surface area (Å²) in [5, 5.41) is 0. The van der Waals surface area contributed by atoms with E-state index in [-0.39, 0.29) is 0 Å². The second-order valence-electron chi connectivity index (χ2n) is 4.41. The summed E-state index contributed by atoms with van der Waals surface area (Å²) in [7, 11) is 3.57. The molecular formula is C16H17NO2. The third-order valence-electron chi connectivity index (χ3n) is 3.12. The molecule has 19 heavy (non-hydrogen) atoms. The first-order valence-corrected chi connectivity index (χ1v) is 6.10. The second kappa shape index (κ2) is 5.57. The highest BCUT2D eigenvalue weighted by Gasteiger charge is 2.12. The Hall–Kier alpha value is -2.29. The quantitative estimate of drug-likeness (QED) is 0.782. The molecule has 2 aromatic carbocycles. The summed E-state index contributed by atoms with van der Waals surface area (Å²) in [6.45, 7) is 1.97. The third kappa shape index (κ3) is 2.60. The molecular weight excluding hydrogens is 238 g/mol. The third-order valence-corrected chi connectivity index (χ3v) is 3.12. The molecule has 0 atom stereocenters. The van der Waals surface area contributed by atoms with Crippen molar-refractivity contribution in [2.24, 2.45) is 0 Å². The van der Waals surface area contributed by atoms with Crippen LogP contribution in [-0.4, -0.2) is 20.4 Å². The summed E-state index contributed by atoms with van der Waals surface area (Å²) < 4.78 is 5.36. The maximum Gasteiger partial charge on any atom is 0.152 e. The Labute approximate surface area is 113 Å². The van der Waals surface area contributed by atoms with Crippen LogP contribution in [0.2, 0.25) is 0 Å². The smallest absolute Gasteiger partial charge is 0.152 e. The fraction of sp³-hybridized carbons (Fsp3) is 0.188. The maximum atomic E-state index is 11.2. The number of hydrogen-bond donors (Lipinski definition) is 0. The minimum Gasteiger partial charge on any atom is -0.495 e. The highest BCUT2D eigenvalue weighted by molar-refractivity contribution is 5.87. The van der Waals surface area contributed by atoms with Crippen molar-refractivity contribution in [3.05, 3.63) is 53.6 Å². The molecule has 0 amide bonds. The number of rotatable bonds is 4. The van der Waals surface area contributed by atoms with Gasteiger partial charge in [0.05, 0.1) is 18.5 Å². The molecule has 0 aliphatic rings. The van der Waals surface area contributed by atoms with E-state index < -0.39 is 0 Å². The summed E-state index contributed by atoms with van der Waals surface area (Å²) >= 11 is 0. The van der Waals surface area contributed by atoms with E-state index in [0.717, 1.165) is 29.0 Å². The van der Waals surface area contributed by atoms with Crippen LogP contribution in [0.4, 0.5) is 11.4 Å². The van der Waals surface area contributed by atoms with Gasteiger partial charge >= 0.3 is 0 Å². The monoisotopic (exact) mass is 255 g/mol. The Morgan fingerprint density at radius 2 is 1.84 bits per heavy atom. The number of carbonyl (C=O) groups is 1. The minimum atomic E-state index is 0.674. The van der Waals surface area contributed by atoms with Gasteiger partial charge in [-0.25, -0.2) is 0 Å². The van der Waals surface area contributed by atoms with E-state index in [9.17, 15) is 4.79 Å². The molecule has 0 heterocycles. The molecule has 0 aliphatic heterocycles. The number of carbonyl (C=O) groups excluding carboxylic acids is 1. The van der Waals surface area contributed by atoms with Crippen LogP contribution in [-0.2, 0) is 0 Å². The van der Waals surface area contributed by atoms with Crippen molar-refractivity contribution in [3.63, 3.8) is 0 Å². The van der Waals surface area contributed by atoms with Gasteiger partial charge in [-0.2, -0.15) is 0 Å². The topological polar surface area (TPSA) is 29.5 Å². The normalized spacial score (nSPS) is 10.1. The number of aryl methyl sites for hydroxylation is 1. The van der Waals surface area contributed by atoms with Crippen LogP contribution in [0.1, 0.15) is 15.9 Å². The van der Waals surface area contributed by atoms with Crippen LogP contribution in [0.3, 0.4) is 0 Å². The Balaban J connectivity index is 2.49. The van der Waals surface area contributed by atoms with E-state index in [1.165, 1.54) is 0 Å². The number of ether oxygens (including phenoxy) is 1. The molecule has 2 aromatic rings. The van der Waals surface area contributed by atoms with E-state index in [4.69, 9.17) is 4.74 Å². The Kier molecular flexibility index (Phi) is 3.85. The molecule has 3 nitrogen and oxygen atoms in total. The largest absolute Gasteiger partial charge is 0.495 e. The van der Waals surface area contributed by atoms with E-state index in [1.54, 1.807) is 7.11 Å². The molecule has 0 N–H and O–H groups in total. The van der Waals surface area contributed by atoms with Crippen molar-refractivity contribution in [1.29, 1.82) is 0 Å². The first-order chi connectivity index (χ1) is 9.17. The van der Waals surface area contributed by atoms with Crippen molar-refractivity contribution in [1.82, 2.24) is 0 Å². The lowest BCUT2D eigenvalue weighted by atomic mass is 10.1. The van der Waals surface area contributed by atoms with Crippen molar-refractivity contribution in [2.75, 3.05) is 19.1 Å². The number of benzene rings is 2. The van der Waals surface area contributed by atoms with Gasteiger partial charge in [-0.05, 0) is 31.2 Å². The number of nitrogens with zero attached hydrogens (tertiary/aromatic N) is 1. The molecule has 0 fully saturated rings. The fourth-order valence-electron chi connectivity index (χ4n) is 2.11. The van der Waals surface area contributed by atoms with Gasteiger partial charge in [-0.1, -0.05) is 23.8 Å². The molecule has 3 heteroatoms. The van der Waals surface area contributed by atoms with Crippen molar-refractivity contribution in [3.8, 4) is 5.75 Å². The van der Waals surface area contributed by atoms with Gasteiger partial charge in [0.2, 0.25) is 0 Å². The minimum absolute atomic E-state index is 0.674. The lowest BCUT2D eigenvalue weighted by Crippen LogP contribution is -2.12. The Bertz CT molecular complexity index is 593. The predicted octanol–water partition coefficient (Wildman–Crippen LogP) is 3.58. The number of aldehydes is 1. The van der Waals surface area contributed by atoms with Gasteiger partial charge in [0.25, 0.3) is 0 Å². The summed E-state index contributed by atoms with van der Waals surface area (Å²) in [4.78, 5) is 13.2. The lowest BCUT2D eigenvalue weighted by molar-refractivity contribution is 0.112. The van der Waals surface area contributed by atoms with Gasteiger partial charge in [-0.3, -0.25) is 4.79 Å². The number of para-hydroxylation sites is 2. The number of hydrogen-bond acceptors (Lipinski definition) is 3. The molecule has 0 saturated heterocycles. The van der Waals surface area contributed by atoms with E-state index in [2.05, 4.69) is 0 Å². The molecule has 0 aromatic heterocycles. The molecule has 0 spiro atoms. The fourth-order valence-corrected chi connectivity index (χ4v) is 2.11. The molecule has 0 radical (unpaired) electrons. The molecule has 0 bridgehead atoms. The SMILES string of the molecule is COc1ccccc1N(C)c1ccc(C)cc1C=O. The number of methoxy groups -OCH3 is 1. The van der Waals surface area contributed by atoms with Gasteiger partial charge in [0.15, 0.2) is 6.29 Å². The van der Waals surface area contributed by atoms with Crippen LogP contribution in [0.25, 0.3) is 0 Å². The lowest BCUT2D eigenvalue weighted by Gasteiger charge is -2.23. The first kappa shape index (κ1) is 13.1. The van der Waals surface area contributed by atoms with Crippen molar-refractivity contribution in [2.45, 2.75) is 6.92 Å². The number of anilines is 2. The van der Waals surface area contributed by atoms with Crippen LogP contribution in [0.5, 0.6) is 5.75 Å². The Morgan fingerprint density at radius 1 is 1.11 bits per heavy atom. The van der Waals surface area contributed by atoms with E-state index in [1.807, 2.05) is 61.3 Å². The zero-order chi connectivity index (χ0) is 13.8. The zero-order valence-electron chi connectivity index (χ0n) is 11.4. The predicted molar refractivity (Wildman–Crippen MR) is 77.6 cm³/mol. The van der Waals surface area contributed by atoms with E-state index in [0.29, 0.717) is 5.56 Å².